The Morgan fingerprint density at radius 1 is 1.19 bits per heavy atom. The number of hydrogen-bond donors (Lipinski definition) is 3. The fourth-order valence-electron chi connectivity index (χ4n) is 3.87. The number of rotatable bonds is 5. The number of esters is 1. The van der Waals surface area contributed by atoms with Crippen molar-refractivity contribution in [3.8, 4) is 0 Å². The number of amides is 1. The molecule has 4 rings (SSSR count). The molecular formula is C22H23BrClN4O3+. The first kappa shape index (κ1) is 21.7. The van der Waals surface area contributed by atoms with Gasteiger partial charge in [-0.25, -0.2) is 4.79 Å². The van der Waals surface area contributed by atoms with Crippen LogP contribution in [0.2, 0.25) is 5.02 Å². The third-order valence-electron chi connectivity index (χ3n) is 5.49. The van der Waals surface area contributed by atoms with Crippen molar-refractivity contribution < 1.29 is 19.2 Å². The topological polar surface area (TPSA) is 78.9 Å². The molecule has 7 nitrogen and oxygen atoms in total. The van der Waals surface area contributed by atoms with Gasteiger partial charge in [-0.3, -0.25) is 4.79 Å². The maximum atomic E-state index is 12.8. The highest BCUT2D eigenvalue weighted by atomic mass is 79.9. The van der Waals surface area contributed by atoms with E-state index in [-0.39, 0.29) is 11.6 Å². The molecule has 0 aliphatic carbocycles. The predicted molar refractivity (Wildman–Crippen MR) is 125 cm³/mol. The van der Waals surface area contributed by atoms with E-state index >= 15 is 0 Å². The highest BCUT2D eigenvalue weighted by Gasteiger charge is 2.25. The van der Waals surface area contributed by atoms with E-state index in [1.807, 2.05) is 42.5 Å². The van der Waals surface area contributed by atoms with Crippen LogP contribution in [0, 0.1) is 0 Å². The Morgan fingerprint density at radius 3 is 2.58 bits per heavy atom. The Labute approximate surface area is 193 Å². The minimum atomic E-state index is -0.522. The molecule has 1 fully saturated rings. The highest BCUT2D eigenvalue weighted by Crippen LogP contribution is 2.30. The average molecular weight is 507 g/mol. The lowest BCUT2D eigenvalue weighted by Crippen LogP contribution is -3.15. The zero-order valence-corrected chi connectivity index (χ0v) is 19.3. The van der Waals surface area contributed by atoms with Crippen LogP contribution in [-0.2, 0) is 9.53 Å². The number of aromatic nitrogens is 1. The number of nitrogens with one attached hydrogen (secondary N) is 3. The summed E-state index contributed by atoms with van der Waals surface area (Å²) in [7, 11) is 1.32. The lowest BCUT2D eigenvalue weighted by molar-refractivity contribution is -0.892. The molecule has 1 aliphatic rings. The number of quaternary nitrogens is 1. The number of nitrogens with zero attached hydrogens (tertiary/aromatic N) is 1. The summed E-state index contributed by atoms with van der Waals surface area (Å²) in [5.74, 6) is -0.660. The van der Waals surface area contributed by atoms with Crippen molar-refractivity contribution in [3.63, 3.8) is 0 Å². The van der Waals surface area contributed by atoms with Gasteiger partial charge < -0.3 is 24.8 Å². The fourth-order valence-corrected chi connectivity index (χ4v) is 4.36. The number of hydrogen-bond acceptors (Lipinski definition) is 4. The van der Waals surface area contributed by atoms with Crippen molar-refractivity contribution in [2.45, 2.75) is 0 Å². The quantitative estimate of drug-likeness (QED) is 0.465. The molecule has 3 aromatic rings. The van der Waals surface area contributed by atoms with Crippen molar-refractivity contribution in [1.29, 1.82) is 0 Å². The average Bonchev–Trinajstić information content (AvgIpc) is 3.11. The highest BCUT2D eigenvalue weighted by molar-refractivity contribution is 9.10. The number of aromatic amines is 1. The van der Waals surface area contributed by atoms with Gasteiger partial charge in [0.15, 0.2) is 6.54 Å². The largest absolute Gasteiger partial charge is 0.464 e. The van der Waals surface area contributed by atoms with Gasteiger partial charge in [-0.2, -0.15) is 0 Å². The van der Waals surface area contributed by atoms with Crippen molar-refractivity contribution in [3.05, 3.63) is 57.7 Å². The van der Waals surface area contributed by atoms with Crippen LogP contribution in [0.3, 0.4) is 0 Å². The molecule has 1 aromatic heterocycles. The summed E-state index contributed by atoms with van der Waals surface area (Å²) in [5, 5.41) is 4.41. The zero-order chi connectivity index (χ0) is 22.0. The Balaban J connectivity index is 1.42. The second-order valence-corrected chi connectivity index (χ2v) is 8.85. The summed E-state index contributed by atoms with van der Waals surface area (Å²) >= 11 is 9.42. The van der Waals surface area contributed by atoms with Crippen LogP contribution < -0.4 is 15.1 Å². The monoisotopic (exact) mass is 505 g/mol. The Kier molecular flexibility index (Phi) is 6.50. The fraction of sp³-hybridized carbons (Fsp3) is 0.273. The van der Waals surface area contributed by atoms with E-state index in [0.717, 1.165) is 52.3 Å². The van der Waals surface area contributed by atoms with Crippen LogP contribution in [0.1, 0.15) is 10.5 Å². The Hall–Kier alpha value is -2.55. The number of carbonyl (C=O) groups is 2. The molecule has 1 aliphatic heterocycles. The van der Waals surface area contributed by atoms with Gasteiger partial charge in [0.2, 0.25) is 0 Å². The van der Waals surface area contributed by atoms with Crippen molar-refractivity contribution >= 4 is 61.7 Å². The molecule has 2 heterocycles. The summed E-state index contributed by atoms with van der Waals surface area (Å²) in [6, 6.07) is 13.4. The second kappa shape index (κ2) is 9.30. The predicted octanol–water partition coefficient (Wildman–Crippen LogP) is 2.71. The van der Waals surface area contributed by atoms with E-state index in [0.29, 0.717) is 12.2 Å². The van der Waals surface area contributed by atoms with Crippen LogP contribution in [0.4, 0.5) is 11.4 Å². The van der Waals surface area contributed by atoms with E-state index in [2.05, 4.69) is 31.1 Å². The summed E-state index contributed by atoms with van der Waals surface area (Å²) in [5.41, 5.74) is 2.58. The number of halogens is 2. The van der Waals surface area contributed by atoms with Gasteiger partial charge in [0.1, 0.15) is 5.69 Å². The Morgan fingerprint density at radius 2 is 1.90 bits per heavy atom. The minimum absolute atomic E-state index is 0.138. The standard InChI is InChI=1S/C22H22BrClN4O3/c1-31-22(30)21-20(17-12-14(23)2-7-18(17)25-21)26-19(29)13-27-8-10-28(11-9-27)16-5-3-15(24)4-6-16/h2-7,12,25H,8-11,13H2,1H3,(H,26,29)/p+1. The molecule has 1 saturated heterocycles. The third kappa shape index (κ3) is 4.87. The van der Waals surface area contributed by atoms with Gasteiger partial charge in [0.05, 0.1) is 39.0 Å². The number of benzene rings is 2. The summed E-state index contributed by atoms with van der Waals surface area (Å²) < 4.78 is 5.73. The van der Waals surface area contributed by atoms with Gasteiger partial charge >= 0.3 is 5.97 Å². The summed E-state index contributed by atoms with van der Waals surface area (Å²) in [4.78, 5) is 31.6. The smallest absolute Gasteiger partial charge is 0.356 e. The summed E-state index contributed by atoms with van der Waals surface area (Å²) in [6.45, 7) is 3.74. The second-order valence-electron chi connectivity index (χ2n) is 7.49. The van der Waals surface area contributed by atoms with Crippen LogP contribution in [0.15, 0.2) is 46.9 Å². The first-order valence-corrected chi connectivity index (χ1v) is 11.1. The molecular weight excluding hydrogens is 484 g/mol. The lowest BCUT2D eigenvalue weighted by atomic mass is 10.2. The number of anilines is 2. The van der Waals surface area contributed by atoms with Gasteiger partial charge in [-0.15, -0.1) is 0 Å². The van der Waals surface area contributed by atoms with Crippen LogP contribution in [0.25, 0.3) is 10.9 Å². The van der Waals surface area contributed by atoms with Crippen molar-refractivity contribution in [2.24, 2.45) is 0 Å². The molecule has 0 atom stereocenters. The van der Waals surface area contributed by atoms with E-state index in [4.69, 9.17) is 16.3 Å². The molecule has 0 radical (unpaired) electrons. The molecule has 0 bridgehead atoms. The van der Waals surface area contributed by atoms with Crippen LogP contribution >= 0.6 is 27.5 Å². The maximum absolute atomic E-state index is 12.8. The van der Waals surface area contributed by atoms with E-state index < -0.39 is 5.97 Å². The molecule has 0 saturated carbocycles. The van der Waals surface area contributed by atoms with Gasteiger partial charge in [-0.05, 0) is 42.5 Å². The van der Waals surface area contributed by atoms with Gasteiger partial charge in [-0.1, -0.05) is 27.5 Å². The first-order valence-electron chi connectivity index (χ1n) is 9.98. The lowest BCUT2D eigenvalue weighted by Gasteiger charge is -2.33. The molecule has 0 unspecified atom stereocenters. The third-order valence-corrected chi connectivity index (χ3v) is 6.23. The first-order chi connectivity index (χ1) is 14.9. The molecule has 9 heteroatoms. The number of fused-ring (bicyclic) bond motifs is 1. The molecule has 0 spiro atoms. The minimum Gasteiger partial charge on any atom is -0.464 e. The van der Waals surface area contributed by atoms with E-state index in [1.165, 1.54) is 12.0 Å². The Bertz CT molecular complexity index is 1110. The van der Waals surface area contributed by atoms with Gasteiger partial charge in [0, 0.05) is 26.1 Å². The van der Waals surface area contributed by atoms with E-state index in [1.54, 1.807) is 0 Å². The number of H-pyrrole nitrogens is 1. The number of carbonyl (C=O) groups excluding carboxylic acids is 2. The normalized spacial score (nSPS) is 14.6. The zero-order valence-electron chi connectivity index (χ0n) is 17.0. The SMILES string of the molecule is COC(=O)c1[nH]c2ccc(Br)cc2c1NC(=O)C[NH+]1CCN(c2ccc(Cl)cc2)CC1. The van der Waals surface area contributed by atoms with Gasteiger partial charge in [0.25, 0.3) is 5.91 Å². The van der Waals surface area contributed by atoms with E-state index in [9.17, 15) is 9.59 Å². The molecule has 1 amide bonds. The van der Waals surface area contributed by atoms with Crippen molar-refractivity contribution in [1.82, 2.24) is 4.98 Å². The molecule has 162 valence electrons. The number of ether oxygens (including phenoxy) is 1. The number of piperazine rings is 1. The van der Waals surface area contributed by atoms with Crippen molar-refractivity contribution in [2.75, 3.05) is 50.1 Å². The molecule has 2 aromatic carbocycles. The summed E-state index contributed by atoms with van der Waals surface area (Å²) in [6.07, 6.45) is 0. The van der Waals surface area contributed by atoms with Crippen LogP contribution in [-0.4, -0.2) is 56.7 Å². The van der Waals surface area contributed by atoms with Crippen LogP contribution in [0.5, 0.6) is 0 Å². The number of methoxy groups -OCH3 is 1. The molecule has 31 heavy (non-hydrogen) atoms. The maximum Gasteiger partial charge on any atom is 0.356 e. The molecule has 3 N–H and O–H groups in total.